The maximum absolute atomic E-state index is 13.8. The lowest BCUT2D eigenvalue weighted by molar-refractivity contribution is -0.118. The molecule has 2 aromatic carbocycles. The minimum Gasteiger partial charge on any atom is -0.497 e. The van der Waals surface area contributed by atoms with Crippen molar-refractivity contribution in [3.8, 4) is 22.9 Å². The van der Waals surface area contributed by atoms with Gasteiger partial charge < -0.3 is 9.47 Å². The summed E-state index contributed by atoms with van der Waals surface area (Å²) in [7, 11) is 3.18. The van der Waals surface area contributed by atoms with E-state index in [0.717, 1.165) is 5.56 Å². The Balaban J connectivity index is 1.70. The van der Waals surface area contributed by atoms with Gasteiger partial charge in [0.1, 0.15) is 28.9 Å². The van der Waals surface area contributed by atoms with Gasteiger partial charge in [-0.25, -0.2) is 14.1 Å². The number of carbonyl (C=O) groups is 1. The molecule has 3 aromatic rings. The van der Waals surface area contributed by atoms with Crippen LogP contribution in [0.4, 0.5) is 4.39 Å². The molecule has 8 heteroatoms. The monoisotopic (exact) mass is 431 g/mol. The van der Waals surface area contributed by atoms with Crippen LogP contribution in [0.2, 0.25) is 5.02 Å². The van der Waals surface area contributed by atoms with Crippen molar-refractivity contribution in [1.82, 2.24) is 14.8 Å². The van der Waals surface area contributed by atoms with Crippen molar-refractivity contribution in [3.63, 3.8) is 0 Å². The Morgan fingerprint density at radius 2 is 1.83 bits per heavy atom. The first-order valence-corrected chi connectivity index (χ1v) is 9.94. The van der Waals surface area contributed by atoms with Crippen LogP contribution in [0, 0.1) is 5.82 Å². The van der Waals surface area contributed by atoms with E-state index < -0.39 is 5.82 Å². The molecule has 6 nitrogen and oxygen atoms in total. The minimum atomic E-state index is -0.534. The van der Waals surface area contributed by atoms with Crippen molar-refractivity contribution in [2.45, 2.75) is 32.7 Å². The average molecular weight is 432 g/mol. The van der Waals surface area contributed by atoms with E-state index in [1.807, 2.05) is 19.1 Å². The summed E-state index contributed by atoms with van der Waals surface area (Å²) in [6.07, 6.45) is 1.05. The summed E-state index contributed by atoms with van der Waals surface area (Å²) in [6.45, 7) is 2.47. The van der Waals surface area contributed by atoms with E-state index in [2.05, 4.69) is 10.1 Å². The third kappa shape index (κ3) is 5.16. The number of hydrogen-bond donors (Lipinski definition) is 0. The Bertz CT molecular complexity index is 1030. The third-order valence-corrected chi connectivity index (χ3v) is 4.99. The summed E-state index contributed by atoms with van der Waals surface area (Å²) in [5.41, 5.74) is 1.47. The zero-order valence-corrected chi connectivity index (χ0v) is 17.9. The van der Waals surface area contributed by atoms with Crippen LogP contribution in [-0.4, -0.2) is 34.8 Å². The maximum atomic E-state index is 13.8. The van der Waals surface area contributed by atoms with E-state index in [1.54, 1.807) is 31.0 Å². The van der Waals surface area contributed by atoms with Gasteiger partial charge in [0.15, 0.2) is 5.82 Å². The van der Waals surface area contributed by atoms with E-state index in [1.165, 1.54) is 12.1 Å². The summed E-state index contributed by atoms with van der Waals surface area (Å²) >= 11 is 5.74. The molecule has 0 bridgehead atoms. The highest BCUT2D eigenvalue weighted by atomic mass is 35.5. The van der Waals surface area contributed by atoms with Crippen LogP contribution in [0.15, 0.2) is 36.4 Å². The standard InChI is InChI=1S/C22H23ClFN3O3/c1-4-27-21(25-22(26-27)15-6-8-19(23)20(24)11-15)12-16(28)7-5-14-9-17(29-2)13-18(10-14)30-3/h6,8-11,13H,4-5,7,12H2,1-3H3. The van der Waals surface area contributed by atoms with Crippen molar-refractivity contribution in [1.29, 1.82) is 0 Å². The molecule has 0 aliphatic heterocycles. The van der Waals surface area contributed by atoms with Crippen molar-refractivity contribution < 1.29 is 18.7 Å². The molecule has 0 N–H and O–H groups in total. The second-order valence-corrected chi connectivity index (χ2v) is 7.14. The number of carbonyl (C=O) groups excluding carboxylic acids is 1. The van der Waals surface area contributed by atoms with E-state index in [4.69, 9.17) is 21.1 Å². The van der Waals surface area contributed by atoms with Gasteiger partial charge in [-0.15, -0.1) is 0 Å². The fraction of sp³-hybridized carbons (Fsp3) is 0.318. The number of methoxy groups -OCH3 is 2. The smallest absolute Gasteiger partial charge is 0.181 e. The van der Waals surface area contributed by atoms with Crippen molar-refractivity contribution in [2.75, 3.05) is 14.2 Å². The number of aryl methyl sites for hydroxylation is 2. The molecule has 30 heavy (non-hydrogen) atoms. The molecule has 3 rings (SSSR count). The normalized spacial score (nSPS) is 10.8. The summed E-state index contributed by atoms with van der Waals surface area (Å²) in [6, 6.07) is 9.97. The molecule has 0 radical (unpaired) electrons. The van der Waals surface area contributed by atoms with Crippen LogP contribution in [0.1, 0.15) is 24.7 Å². The van der Waals surface area contributed by atoms with Gasteiger partial charge in [-0.2, -0.15) is 5.10 Å². The molecule has 0 saturated heterocycles. The first-order chi connectivity index (χ1) is 14.4. The second-order valence-electron chi connectivity index (χ2n) is 6.73. The summed E-state index contributed by atoms with van der Waals surface area (Å²) < 4.78 is 26.0. The third-order valence-electron chi connectivity index (χ3n) is 4.68. The number of benzene rings is 2. The maximum Gasteiger partial charge on any atom is 0.181 e. The molecule has 0 aliphatic carbocycles. The van der Waals surface area contributed by atoms with E-state index in [0.29, 0.717) is 48.1 Å². The minimum absolute atomic E-state index is 0.0349. The van der Waals surface area contributed by atoms with E-state index >= 15 is 0 Å². The van der Waals surface area contributed by atoms with Gasteiger partial charge in [-0.05, 0) is 49.2 Å². The number of Topliss-reactive ketones (excluding diaryl/α,β-unsaturated/α-hetero) is 1. The summed E-state index contributed by atoms with van der Waals surface area (Å²) in [5, 5.41) is 4.44. The largest absolute Gasteiger partial charge is 0.497 e. The topological polar surface area (TPSA) is 66.2 Å². The highest BCUT2D eigenvalue weighted by Crippen LogP contribution is 2.24. The molecule has 0 spiro atoms. The summed E-state index contributed by atoms with van der Waals surface area (Å²) in [5.74, 6) is 1.79. The molecule has 0 fully saturated rings. The summed E-state index contributed by atoms with van der Waals surface area (Å²) in [4.78, 5) is 17.0. The molecule has 0 unspecified atom stereocenters. The number of ether oxygens (including phenoxy) is 2. The molecule has 0 aliphatic rings. The fourth-order valence-corrected chi connectivity index (χ4v) is 3.19. The quantitative estimate of drug-likeness (QED) is 0.498. The Morgan fingerprint density at radius 1 is 1.13 bits per heavy atom. The van der Waals surface area contributed by atoms with Gasteiger partial charge in [0.2, 0.25) is 0 Å². The number of nitrogens with zero attached hydrogens (tertiary/aromatic N) is 3. The Kier molecular flexibility index (Phi) is 7.05. The second kappa shape index (κ2) is 9.71. The first kappa shape index (κ1) is 21.8. The first-order valence-electron chi connectivity index (χ1n) is 9.56. The highest BCUT2D eigenvalue weighted by Gasteiger charge is 2.15. The number of hydrogen-bond acceptors (Lipinski definition) is 5. The van der Waals surface area contributed by atoms with Crippen molar-refractivity contribution in [2.24, 2.45) is 0 Å². The van der Waals surface area contributed by atoms with Gasteiger partial charge in [0.25, 0.3) is 0 Å². The number of ketones is 1. The molecule has 1 heterocycles. The zero-order valence-electron chi connectivity index (χ0n) is 17.1. The fourth-order valence-electron chi connectivity index (χ4n) is 3.08. The Labute approximate surface area is 179 Å². The predicted octanol–water partition coefficient (Wildman–Crippen LogP) is 4.52. The molecule has 0 amide bonds. The van der Waals surface area contributed by atoms with Gasteiger partial charge in [-0.1, -0.05) is 11.6 Å². The number of aromatic nitrogens is 3. The lowest BCUT2D eigenvalue weighted by Crippen LogP contribution is -2.11. The lowest BCUT2D eigenvalue weighted by Gasteiger charge is -2.08. The SMILES string of the molecule is CCn1nc(-c2ccc(Cl)c(F)c2)nc1CC(=O)CCc1cc(OC)cc(OC)c1. The number of halogens is 2. The van der Waals surface area contributed by atoms with Crippen LogP contribution in [0.25, 0.3) is 11.4 Å². The Hall–Kier alpha value is -2.93. The Morgan fingerprint density at radius 3 is 2.43 bits per heavy atom. The van der Waals surface area contributed by atoms with Crippen LogP contribution in [-0.2, 0) is 24.2 Å². The van der Waals surface area contributed by atoms with Crippen LogP contribution in [0.3, 0.4) is 0 Å². The molecule has 0 atom stereocenters. The average Bonchev–Trinajstić information content (AvgIpc) is 3.16. The highest BCUT2D eigenvalue weighted by molar-refractivity contribution is 6.30. The van der Waals surface area contributed by atoms with E-state index in [-0.39, 0.29) is 17.2 Å². The van der Waals surface area contributed by atoms with Gasteiger partial charge in [-0.3, -0.25) is 4.79 Å². The van der Waals surface area contributed by atoms with E-state index in [9.17, 15) is 9.18 Å². The molecule has 158 valence electrons. The molecular weight excluding hydrogens is 409 g/mol. The lowest BCUT2D eigenvalue weighted by atomic mass is 10.1. The van der Waals surface area contributed by atoms with Crippen LogP contribution >= 0.6 is 11.6 Å². The van der Waals surface area contributed by atoms with Crippen LogP contribution in [0.5, 0.6) is 11.5 Å². The molecule has 0 saturated carbocycles. The van der Waals surface area contributed by atoms with Crippen LogP contribution < -0.4 is 9.47 Å². The molecule has 1 aromatic heterocycles. The van der Waals surface area contributed by atoms with Crippen molar-refractivity contribution >= 4 is 17.4 Å². The predicted molar refractivity (Wildman–Crippen MR) is 113 cm³/mol. The van der Waals surface area contributed by atoms with Crippen molar-refractivity contribution in [3.05, 3.63) is 58.6 Å². The molecular formula is C22H23ClFN3O3. The van der Waals surface area contributed by atoms with Gasteiger partial charge in [0, 0.05) is 24.6 Å². The van der Waals surface area contributed by atoms with Gasteiger partial charge >= 0.3 is 0 Å². The van der Waals surface area contributed by atoms with Gasteiger partial charge in [0.05, 0.1) is 25.7 Å². The zero-order chi connectivity index (χ0) is 21.7. The number of rotatable bonds is 9.